The lowest BCUT2D eigenvalue weighted by molar-refractivity contribution is -0.114. The molecule has 0 aromatic heterocycles. The number of nitrogens with one attached hydrogen (secondary N) is 2. The summed E-state index contributed by atoms with van der Waals surface area (Å²) in [6.45, 7) is 2.33. The number of halogens is 2. The molecule has 0 unspecified atom stereocenters. The second kappa shape index (κ2) is 10.2. The molecule has 3 aromatic rings. The molecular weight excluding hydrogens is 423 g/mol. The molecule has 5 nitrogen and oxygen atoms in total. The van der Waals surface area contributed by atoms with E-state index in [9.17, 15) is 4.79 Å². The van der Waals surface area contributed by atoms with Gasteiger partial charge in [0.25, 0.3) is 0 Å². The fraction of sp³-hybridized carbons (Fsp3) is 0.174. The molecule has 0 atom stereocenters. The Labute approximate surface area is 185 Å². The van der Waals surface area contributed by atoms with Crippen molar-refractivity contribution in [2.75, 3.05) is 17.7 Å². The zero-order valence-corrected chi connectivity index (χ0v) is 18.2. The maximum absolute atomic E-state index is 11.1. The van der Waals surface area contributed by atoms with Crippen LogP contribution in [0.15, 0.2) is 60.7 Å². The summed E-state index contributed by atoms with van der Waals surface area (Å²) < 4.78 is 11.4. The second-order valence-electron chi connectivity index (χ2n) is 6.59. The third-order valence-corrected chi connectivity index (χ3v) is 5.07. The van der Waals surface area contributed by atoms with E-state index in [2.05, 4.69) is 10.6 Å². The lowest BCUT2D eigenvalue weighted by Crippen LogP contribution is -2.06. The van der Waals surface area contributed by atoms with Crippen molar-refractivity contribution in [1.29, 1.82) is 0 Å². The summed E-state index contributed by atoms with van der Waals surface area (Å²) in [5.74, 6) is 1.14. The molecule has 3 rings (SSSR count). The lowest BCUT2D eigenvalue weighted by atomic mass is 10.2. The van der Waals surface area contributed by atoms with Crippen LogP contribution in [0.1, 0.15) is 18.1 Å². The van der Waals surface area contributed by atoms with Gasteiger partial charge in [-0.2, -0.15) is 0 Å². The molecule has 0 fully saturated rings. The Bertz CT molecular complexity index is 1000. The smallest absolute Gasteiger partial charge is 0.221 e. The first-order valence-electron chi connectivity index (χ1n) is 9.30. The highest BCUT2D eigenvalue weighted by molar-refractivity contribution is 6.35. The van der Waals surface area contributed by atoms with Crippen LogP contribution in [0.3, 0.4) is 0 Å². The molecule has 156 valence electrons. The standard InChI is InChI=1S/C23H22Cl2N2O3/c1-15(28)27-18-9-7-17(8-10-18)26-13-16-6-11-22(23(12-16)29-2)30-14-19-20(24)4-3-5-21(19)25/h3-12,26H,13-14H2,1-2H3,(H,27,28). The van der Waals surface area contributed by atoms with Crippen LogP contribution in [0.2, 0.25) is 10.0 Å². The van der Waals surface area contributed by atoms with Gasteiger partial charge in [0.2, 0.25) is 5.91 Å². The minimum Gasteiger partial charge on any atom is -0.493 e. The summed E-state index contributed by atoms with van der Waals surface area (Å²) in [5.41, 5.74) is 3.46. The van der Waals surface area contributed by atoms with Gasteiger partial charge in [-0.3, -0.25) is 4.79 Å². The molecule has 0 aliphatic rings. The number of amides is 1. The van der Waals surface area contributed by atoms with Gasteiger partial charge in [0.05, 0.1) is 7.11 Å². The number of carbonyl (C=O) groups excluding carboxylic acids is 1. The van der Waals surface area contributed by atoms with E-state index in [4.69, 9.17) is 32.7 Å². The monoisotopic (exact) mass is 444 g/mol. The van der Waals surface area contributed by atoms with E-state index in [0.29, 0.717) is 28.1 Å². The molecule has 30 heavy (non-hydrogen) atoms. The molecule has 1 amide bonds. The Kier molecular flexibility index (Phi) is 7.44. The molecule has 0 spiro atoms. The fourth-order valence-electron chi connectivity index (χ4n) is 2.84. The van der Waals surface area contributed by atoms with Crippen LogP contribution in [0, 0.1) is 0 Å². The van der Waals surface area contributed by atoms with Gasteiger partial charge in [0.15, 0.2) is 11.5 Å². The first-order valence-corrected chi connectivity index (χ1v) is 10.1. The van der Waals surface area contributed by atoms with Gasteiger partial charge >= 0.3 is 0 Å². The van der Waals surface area contributed by atoms with Gasteiger partial charge in [-0.05, 0) is 54.1 Å². The summed E-state index contributed by atoms with van der Waals surface area (Å²) in [6, 6.07) is 18.6. The number of hydrogen-bond acceptors (Lipinski definition) is 4. The normalized spacial score (nSPS) is 10.4. The Morgan fingerprint density at radius 3 is 2.23 bits per heavy atom. The number of ether oxygens (including phenoxy) is 2. The van der Waals surface area contributed by atoms with Gasteiger partial charge in [0.1, 0.15) is 6.61 Å². The van der Waals surface area contributed by atoms with Crippen molar-refractivity contribution >= 4 is 40.5 Å². The van der Waals surface area contributed by atoms with Gasteiger partial charge < -0.3 is 20.1 Å². The number of anilines is 2. The second-order valence-corrected chi connectivity index (χ2v) is 7.40. The first kappa shape index (κ1) is 21.8. The lowest BCUT2D eigenvalue weighted by Gasteiger charge is -2.14. The summed E-state index contributed by atoms with van der Waals surface area (Å²) >= 11 is 12.4. The summed E-state index contributed by atoms with van der Waals surface area (Å²) in [4.78, 5) is 11.1. The van der Waals surface area contributed by atoms with Crippen LogP contribution in [0.5, 0.6) is 11.5 Å². The average molecular weight is 445 g/mol. The molecular formula is C23H22Cl2N2O3. The SMILES string of the molecule is COc1cc(CNc2ccc(NC(C)=O)cc2)ccc1OCc1c(Cl)cccc1Cl. The maximum Gasteiger partial charge on any atom is 0.221 e. The van der Waals surface area contributed by atoms with E-state index < -0.39 is 0 Å². The Morgan fingerprint density at radius 1 is 0.933 bits per heavy atom. The quantitative estimate of drug-likeness (QED) is 0.437. The largest absolute Gasteiger partial charge is 0.493 e. The predicted molar refractivity (Wildman–Crippen MR) is 122 cm³/mol. The highest BCUT2D eigenvalue weighted by atomic mass is 35.5. The van der Waals surface area contributed by atoms with Crippen molar-refractivity contribution in [3.05, 3.63) is 81.8 Å². The van der Waals surface area contributed by atoms with Crippen LogP contribution in [-0.4, -0.2) is 13.0 Å². The molecule has 0 heterocycles. The number of hydrogen-bond donors (Lipinski definition) is 2. The van der Waals surface area contributed by atoms with E-state index in [-0.39, 0.29) is 12.5 Å². The van der Waals surface area contributed by atoms with Crippen molar-refractivity contribution in [3.63, 3.8) is 0 Å². The van der Waals surface area contributed by atoms with E-state index >= 15 is 0 Å². The zero-order valence-electron chi connectivity index (χ0n) is 16.7. The number of carbonyl (C=O) groups is 1. The molecule has 0 bridgehead atoms. The molecule has 7 heteroatoms. The van der Waals surface area contributed by atoms with E-state index in [0.717, 1.165) is 22.5 Å². The number of benzene rings is 3. The highest BCUT2D eigenvalue weighted by Gasteiger charge is 2.10. The van der Waals surface area contributed by atoms with Gasteiger partial charge in [0, 0.05) is 40.5 Å². The minimum absolute atomic E-state index is 0.0954. The Hall–Kier alpha value is -2.89. The molecule has 0 aliphatic carbocycles. The van der Waals surface area contributed by atoms with Crippen molar-refractivity contribution in [1.82, 2.24) is 0 Å². The average Bonchev–Trinajstić information content (AvgIpc) is 2.73. The Morgan fingerprint density at radius 2 is 1.60 bits per heavy atom. The minimum atomic E-state index is -0.0954. The topological polar surface area (TPSA) is 59.6 Å². The highest BCUT2D eigenvalue weighted by Crippen LogP contribution is 2.31. The van der Waals surface area contributed by atoms with Crippen LogP contribution >= 0.6 is 23.2 Å². The number of methoxy groups -OCH3 is 1. The van der Waals surface area contributed by atoms with Gasteiger partial charge in [-0.25, -0.2) is 0 Å². The molecule has 0 aliphatic heterocycles. The van der Waals surface area contributed by atoms with Crippen molar-refractivity contribution in [2.45, 2.75) is 20.1 Å². The maximum atomic E-state index is 11.1. The van der Waals surface area contributed by atoms with Crippen molar-refractivity contribution in [3.8, 4) is 11.5 Å². The molecule has 0 saturated heterocycles. The van der Waals surface area contributed by atoms with Crippen molar-refractivity contribution < 1.29 is 14.3 Å². The van der Waals surface area contributed by atoms with E-state index in [1.54, 1.807) is 25.3 Å². The van der Waals surface area contributed by atoms with Crippen LogP contribution < -0.4 is 20.1 Å². The van der Waals surface area contributed by atoms with E-state index in [1.807, 2.05) is 42.5 Å². The molecule has 3 aromatic carbocycles. The Balaban J connectivity index is 1.63. The predicted octanol–water partition coefficient (Wildman–Crippen LogP) is 6.15. The molecule has 0 radical (unpaired) electrons. The van der Waals surface area contributed by atoms with Gasteiger partial charge in [-0.15, -0.1) is 0 Å². The van der Waals surface area contributed by atoms with Gasteiger partial charge in [-0.1, -0.05) is 35.3 Å². The third kappa shape index (κ3) is 5.81. The van der Waals surface area contributed by atoms with Crippen LogP contribution in [0.25, 0.3) is 0 Å². The van der Waals surface area contributed by atoms with Crippen molar-refractivity contribution in [2.24, 2.45) is 0 Å². The fourth-order valence-corrected chi connectivity index (χ4v) is 3.35. The first-order chi connectivity index (χ1) is 14.5. The summed E-state index contributed by atoms with van der Waals surface area (Å²) in [6.07, 6.45) is 0. The summed E-state index contributed by atoms with van der Waals surface area (Å²) in [7, 11) is 1.60. The van der Waals surface area contributed by atoms with E-state index in [1.165, 1.54) is 6.92 Å². The summed E-state index contributed by atoms with van der Waals surface area (Å²) in [5, 5.41) is 7.21. The number of rotatable bonds is 8. The molecule has 2 N–H and O–H groups in total. The third-order valence-electron chi connectivity index (χ3n) is 4.36. The van der Waals surface area contributed by atoms with Crippen LogP contribution in [-0.2, 0) is 17.9 Å². The zero-order chi connectivity index (χ0) is 21.5. The molecule has 0 saturated carbocycles. The van der Waals surface area contributed by atoms with Crippen LogP contribution in [0.4, 0.5) is 11.4 Å².